The number of hydrogen-bond acceptors (Lipinski definition) is 4. The SMILES string of the molecule is O=C(CCc1ccccc1)Nc1ccc(NC(=O)c2ccc(OCC3CCCO3)cc2)cc1. The number of nitrogens with one attached hydrogen (secondary N) is 2. The molecule has 33 heavy (non-hydrogen) atoms. The highest BCUT2D eigenvalue weighted by Gasteiger charge is 2.16. The van der Waals surface area contributed by atoms with Crippen LogP contribution in [0.3, 0.4) is 0 Å². The van der Waals surface area contributed by atoms with Crippen LogP contribution in [0.5, 0.6) is 5.75 Å². The number of anilines is 2. The summed E-state index contributed by atoms with van der Waals surface area (Å²) in [6, 6.07) is 24.1. The number of carbonyl (C=O) groups is 2. The lowest BCUT2D eigenvalue weighted by molar-refractivity contribution is -0.116. The minimum absolute atomic E-state index is 0.0440. The molecule has 3 aromatic carbocycles. The fourth-order valence-corrected chi connectivity index (χ4v) is 3.63. The van der Waals surface area contributed by atoms with Gasteiger partial charge in [0.25, 0.3) is 5.91 Å². The summed E-state index contributed by atoms with van der Waals surface area (Å²) in [6.45, 7) is 1.33. The molecule has 170 valence electrons. The molecule has 0 bridgehead atoms. The average molecular weight is 445 g/mol. The Labute approximate surface area is 193 Å². The smallest absolute Gasteiger partial charge is 0.255 e. The van der Waals surface area contributed by atoms with E-state index in [-0.39, 0.29) is 17.9 Å². The molecular weight excluding hydrogens is 416 g/mol. The third-order valence-corrected chi connectivity index (χ3v) is 5.49. The van der Waals surface area contributed by atoms with Gasteiger partial charge >= 0.3 is 0 Å². The Kier molecular flexibility index (Phi) is 7.72. The molecule has 2 amide bonds. The molecule has 3 aromatic rings. The van der Waals surface area contributed by atoms with Crippen LogP contribution in [0, 0.1) is 0 Å². The molecular formula is C27H28N2O4. The van der Waals surface area contributed by atoms with E-state index >= 15 is 0 Å². The summed E-state index contributed by atoms with van der Waals surface area (Å²) in [5.41, 5.74) is 3.02. The third-order valence-electron chi connectivity index (χ3n) is 5.49. The predicted octanol–water partition coefficient (Wildman–Crippen LogP) is 5.07. The maximum Gasteiger partial charge on any atom is 0.255 e. The highest BCUT2D eigenvalue weighted by molar-refractivity contribution is 6.04. The van der Waals surface area contributed by atoms with Crippen LogP contribution in [-0.4, -0.2) is 31.1 Å². The van der Waals surface area contributed by atoms with Crippen molar-refractivity contribution in [3.63, 3.8) is 0 Å². The quantitative estimate of drug-likeness (QED) is 0.483. The first-order chi connectivity index (χ1) is 16.2. The van der Waals surface area contributed by atoms with Crippen molar-refractivity contribution in [3.8, 4) is 5.75 Å². The van der Waals surface area contributed by atoms with Crippen molar-refractivity contribution in [1.29, 1.82) is 0 Å². The first-order valence-electron chi connectivity index (χ1n) is 11.3. The van der Waals surface area contributed by atoms with Gasteiger partial charge in [-0.2, -0.15) is 0 Å². The van der Waals surface area contributed by atoms with Crippen LogP contribution in [0.15, 0.2) is 78.9 Å². The minimum atomic E-state index is -0.208. The summed E-state index contributed by atoms with van der Waals surface area (Å²) < 4.78 is 11.3. The van der Waals surface area contributed by atoms with Gasteiger partial charge in [0.1, 0.15) is 12.4 Å². The highest BCUT2D eigenvalue weighted by atomic mass is 16.5. The van der Waals surface area contributed by atoms with Gasteiger partial charge in [0.05, 0.1) is 6.10 Å². The van der Waals surface area contributed by atoms with Crippen molar-refractivity contribution < 1.29 is 19.1 Å². The summed E-state index contributed by atoms with van der Waals surface area (Å²) in [5, 5.41) is 5.76. The number of rotatable bonds is 9. The molecule has 1 saturated heterocycles. The van der Waals surface area contributed by atoms with Crippen molar-refractivity contribution in [2.45, 2.75) is 31.8 Å². The number of benzene rings is 3. The maximum absolute atomic E-state index is 12.5. The van der Waals surface area contributed by atoms with Gasteiger partial charge in [-0.1, -0.05) is 30.3 Å². The van der Waals surface area contributed by atoms with Crippen LogP contribution < -0.4 is 15.4 Å². The molecule has 0 radical (unpaired) electrons. The van der Waals surface area contributed by atoms with Gasteiger partial charge in [-0.3, -0.25) is 9.59 Å². The van der Waals surface area contributed by atoms with Crippen molar-refractivity contribution in [1.82, 2.24) is 0 Å². The summed E-state index contributed by atoms with van der Waals surface area (Å²) in [6.07, 6.45) is 3.37. The van der Waals surface area contributed by atoms with Crippen molar-refractivity contribution in [3.05, 3.63) is 90.0 Å². The zero-order chi connectivity index (χ0) is 22.9. The molecule has 1 aliphatic heterocycles. The Bertz CT molecular complexity index is 1040. The average Bonchev–Trinajstić information content (AvgIpc) is 3.37. The van der Waals surface area contributed by atoms with Crippen molar-refractivity contribution in [2.75, 3.05) is 23.8 Å². The van der Waals surface area contributed by atoms with Crippen LogP contribution in [0.25, 0.3) is 0 Å². The molecule has 1 atom stereocenters. The molecule has 6 heteroatoms. The van der Waals surface area contributed by atoms with E-state index in [1.54, 1.807) is 48.5 Å². The molecule has 1 unspecified atom stereocenters. The lowest BCUT2D eigenvalue weighted by atomic mass is 10.1. The number of aryl methyl sites for hydroxylation is 1. The van der Waals surface area contributed by atoms with Gasteiger partial charge in [-0.05, 0) is 73.4 Å². The summed E-state index contributed by atoms with van der Waals surface area (Å²) in [4.78, 5) is 24.7. The largest absolute Gasteiger partial charge is 0.491 e. The third kappa shape index (κ3) is 6.92. The van der Waals surface area contributed by atoms with Crippen LogP contribution in [0.1, 0.15) is 35.2 Å². The fraction of sp³-hybridized carbons (Fsp3) is 0.259. The monoisotopic (exact) mass is 444 g/mol. The number of amides is 2. The van der Waals surface area contributed by atoms with Crippen LogP contribution in [0.4, 0.5) is 11.4 Å². The Morgan fingerprint density at radius 2 is 1.58 bits per heavy atom. The van der Waals surface area contributed by atoms with E-state index in [0.717, 1.165) is 30.8 Å². The van der Waals surface area contributed by atoms with Crippen molar-refractivity contribution in [2.24, 2.45) is 0 Å². The normalized spacial score (nSPS) is 15.1. The van der Waals surface area contributed by atoms with Gasteiger partial charge in [-0.25, -0.2) is 0 Å². The molecule has 0 spiro atoms. The minimum Gasteiger partial charge on any atom is -0.491 e. The second kappa shape index (κ2) is 11.3. The van der Waals surface area contributed by atoms with Gasteiger partial charge < -0.3 is 20.1 Å². The lowest BCUT2D eigenvalue weighted by Gasteiger charge is -2.12. The Morgan fingerprint density at radius 3 is 2.24 bits per heavy atom. The maximum atomic E-state index is 12.5. The Morgan fingerprint density at radius 1 is 0.879 bits per heavy atom. The van der Waals surface area contributed by atoms with E-state index in [1.165, 1.54) is 0 Å². The predicted molar refractivity (Wildman–Crippen MR) is 129 cm³/mol. The molecule has 6 nitrogen and oxygen atoms in total. The van der Waals surface area contributed by atoms with Crippen LogP contribution in [0.2, 0.25) is 0 Å². The topological polar surface area (TPSA) is 76.7 Å². The second-order valence-corrected chi connectivity index (χ2v) is 8.04. The van der Waals surface area contributed by atoms with E-state index in [9.17, 15) is 9.59 Å². The van der Waals surface area contributed by atoms with Gasteiger partial charge in [0.15, 0.2) is 0 Å². The molecule has 0 aromatic heterocycles. The highest BCUT2D eigenvalue weighted by Crippen LogP contribution is 2.19. The molecule has 4 rings (SSSR count). The van der Waals surface area contributed by atoms with E-state index in [1.807, 2.05) is 30.3 Å². The number of carbonyl (C=O) groups excluding carboxylic acids is 2. The standard InChI is InChI=1S/C27H28N2O4/c30-26(17-8-20-5-2-1-3-6-20)28-22-11-13-23(14-12-22)29-27(31)21-9-15-24(16-10-21)33-19-25-7-4-18-32-25/h1-3,5-6,9-16,25H,4,7-8,17-19H2,(H,28,30)(H,29,31). The molecule has 0 aliphatic carbocycles. The lowest BCUT2D eigenvalue weighted by Crippen LogP contribution is -2.16. The van der Waals surface area contributed by atoms with Crippen molar-refractivity contribution >= 4 is 23.2 Å². The number of ether oxygens (including phenoxy) is 2. The van der Waals surface area contributed by atoms with E-state index in [0.29, 0.717) is 36.4 Å². The molecule has 0 saturated carbocycles. The zero-order valence-electron chi connectivity index (χ0n) is 18.5. The summed E-state index contributed by atoms with van der Waals surface area (Å²) >= 11 is 0. The number of hydrogen-bond donors (Lipinski definition) is 2. The van der Waals surface area contributed by atoms with Gasteiger partial charge in [0.2, 0.25) is 5.91 Å². The summed E-state index contributed by atoms with van der Waals surface area (Å²) in [5.74, 6) is 0.465. The second-order valence-electron chi connectivity index (χ2n) is 8.04. The Hall–Kier alpha value is -3.64. The first kappa shape index (κ1) is 22.6. The zero-order valence-corrected chi connectivity index (χ0v) is 18.5. The van der Waals surface area contributed by atoms with Crippen LogP contribution in [-0.2, 0) is 16.0 Å². The fourth-order valence-electron chi connectivity index (χ4n) is 3.63. The van der Waals surface area contributed by atoms with Gasteiger partial charge in [0, 0.05) is 30.0 Å². The van der Waals surface area contributed by atoms with Crippen LogP contribution >= 0.6 is 0 Å². The Balaban J connectivity index is 1.23. The molecule has 2 N–H and O–H groups in total. The van der Waals surface area contributed by atoms with E-state index in [4.69, 9.17) is 9.47 Å². The first-order valence-corrected chi connectivity index (χ1v) is 11.3. The van der Waals surface area contributed by atoms with E-state index in [2.05, 4.69) is 10.6 Å². The molecule has 1 heterocycles. The van der Waals surface area contributed by atoms with Gasteiger partial charge in [-0.15, -0.1) is 0 Å². The molecule has 1 fully saturated rings. The summed E-state index contributed by atoms with van der Waals surface area (Å²) in [7, 11) is 0. The molecule has 1 aliphatic rings. The van der Waals surface area contributed by atoms with E-state index < -0.39 is 0 Å².